The fourth-order valence-electron chi connectivity index (χ4n) is 3.08. The number of nitro groups is 1. The quantitative estimate of drug-likeness (QED) is 0.657. The van der Waals surface area contributed by atoms with Crippen LogP contribution in [0.4, 0.5) is 5.69 Å². The van der Waals surface area contributed by atoms with E-state index in [0.717, 1.165) is 22.4 Å². The molecular formula is C15H21BrN2O2. The Labute approximate surface area is 128 Å². The van der Waals surface area contributed by atoms with E-state index >= 15 is 0 Å². The van der Waals surface area contributed by atoms with Crippen LogP contribution < -0.4 is 5.32 Å². The van der Waals surface area contributed by atoms with Gasteiger partial charge in [0, 0.05) is 28.7 Å². The molecule has 3 unspecified atom stereocenters. The summed E-state index contributed by atoms with van der Waals surface area (Å²) in [7, 11) is 0. The Balaban J connectivity index is 2.03. The lowest BCUT2D eigenvalue weighted by molar-refractivity contribution is -0.385. The summed E-state index contributed by atoms with van der Waals surface area (Å²) in [5.41, 5.74) is 0.938. The molecule has 0 radical (unpaired) electrons. The molecule has 20 heavy (non-hydrogen) atoms. The fourth-order valence-corrected chi connectivity index (χ4v) is 3.49. The number of nitro benzene ring substituents is 1. The molecule has 0 amide bonds. The Kier molecular flexibility index (Phi) is 5.16. The summed E-state index contributed by atoms with van der Waals surface area (Å²) in [6, 6.07) is 5.58. The zero-order valence-corrected chi connectivity index (χ0v) is 13.5. The summed E-state index contributed by atoms with van der Waals surface area (Å²) in [5.74, 6) is 1.42. The minimum atomic E-state index is -0.310. The molecule has 1 saturated carbocycles. The predicted molar refractivity (Wildman–Crippen MR) is 83.6 cm³/mol. The van der Waals surface area contributed by atoms with Gasteiger partial charge in [-0.25, -0.2) is 0 Å². The SMILES string of the molecule is CC1CCC(NCc2cc(Br)ccc2[N+](=O)[O-])C(C)C1. The molecule has 110 valence electrons. The standard InChI is InChI=1S/C15H21BrN2O2/c1-10-3-5-14(11(2)7-10)17-9-12-8-13(16)4-6-15(12)18(19)20/h4,6,8,10-11,14,17H,3,5,7,9H2,1-2H3. The number of nitrogens with one attached hydrogen (secondary N) is 1. The molecule has 1 aliphatic rings. The largest absolute Gasteiger partial charge is 0.309 e. The fraction of sp³-hybridized carbons (Fsp3) is 0.600. The monoisotopic (exact) mass is 340 g/mol. The van der Waals surface area contributed by atoms with Gasteiger partial charge in [0.2, 0.25) is 0 Å². The first-order valence-corrected chi connectivity index (χ1v) is 7.93. The van der Waals surface area contributed by atoms with Crippen molar-refractivity contribution in [1.29, 1.82) is 0 Å². The van der Waals surface area contributed by atoms with E-state index in [1.54, 1.807) is 12.1 Å². The van der Waals surface area contributed by atoms with Gasteiger partial charge in [-0.3, -0.25) is 10.1 Å². The van der Waals surface area contributed by atoms with Gasteiger partial charge in [-0.15, -0.1) is 0 Å². The molecular weight excluding hydrogens is 320 g/mol. The van der Waals surface area contributed by atoms with Gasteiger partial charge < -0.3 is 5.32 Å². The number of hydrogen-bond acceptors (Lipinski definition) is 3. The van der Waals surface area contributed by atoms with E-state index in [2.05, 4.69) is 35.1 Å². The van der Waals surface area contributed by atoms with Crippen molar-refractivity contribution < 1.29 is 4.92 Å². The third-order valence-corrected chi connectivity index (χ3v) is 4.72. The molecule has 0 saturated heterocycles. The van der Waals surface area contributed by atoms with Crippen LogP contribution in [-0.4, -0.2) is 11.0 Å². The van der Waals surface area contributed by atoms with Gasteiger partial charge in [0.1, 0.15) is 0 Å². The molecule has 1 N–H and O–H groups in total. The first-order valence-electron chi connectivity index (χ1n) is 7.13. The van der Waals surface area contributed by atoms with Crippen molar-refractivity contribution in [3.8, 4) is 0 Å². The second-order valence-electron chi connectivity index (χ2n) is 5.91. The van der Waals surface area contributed by atoms with Crippen molar-refractivity contribution in [2.45, 2.75) is 45.7 Å². The highest BCUT2D eigenvalue weighted by atomic mass is 79.9. The summed E-state index contributed by atoms with van der Waals surface area (Å²) < 4.78 is 0.880. The number of halogens is 1. The molecule has 2 rings (SSSR count). The second-order valence-corrected chi connectivity index (χ2v) is 6.83. The lowest BCUT2D eigenvalue weighted by Gasteiger charge is -2.33. The van der Waals surface area contributed by atoms with Crippen LogP contribution in [0.3, 0.4) is 0 Å². The maximum Gasteiger partial charge on any atom is 0.273 e. The minimum Gasteiger partial charge on any atom is -0.309 e. The van der Waals surface area contributed by atoms with Gasteiger partial charge in [-0.2, -0.15) is 0 Å². The predicted octanol–water partition coefficient (Wildman–Crippen LogP) is 4.27. The molecule has 1 aromatic rings. The Morgan fingerprint density at radius 1 is 1.40 bits per heavy atom. The van der Waals surface area contributed by atoms with Gasteiger partial charge in [0.05, 0.1) is 4.92 Å². The van der Waals surface area contributed by atoms with E-state index in [0.29, 0.717) is 18.5 Å². The van der Waals surface area contributed by atoms with Gasteiger partial charge in [-0.1, -0.05) is 29.8 Å². The average molecular weight is 341 g/mol. The first kappa shape index (κ1) is 15.4. The molecule has 1 aliphatic carbocycles. The van der Waals surface area contributed by atoms with E-state index in [1.165, 1.54) is 12.8 Å². The summed E-state index contributed by atoms with van der Waals surface area (Å²) in [4.78, 5) is 10.7. The highest BCUT2D eigenvalue weighted by molar-refractivity contribution is 9.10. The Bertz CT molecular complexity index is 493. The molecule has 0 bridgehead atoms. The first-order chi connectivity index (χ1) is 9.47. The van der Waals surface area contributed by atoms with E-state index in [-0.39, 0.29) is 10.6 Å². The van der Waals surface area contributed by atoms with E-state index in [1.807, 2.05) is 6.07 Å². The maximum absolute atomic E-state index is 11.1. The summed E-state index contributed by atoms with van der Waals surface area (Å²) >= 11 is 3.38. The normalized spacial score (nSPS) is 26.4. The van der Waals surface area contributed by atoms with Crippen LogP contribution in [-0.2, 0) is 6.54 Å². The summed E-state index contributed by atoms with van der Waals surface area (Å²) in [6.45, 7) is 5.12. The maximum atomic E-state index is 11.1. The summed E-state index contributed by atoms with van der Waals surface area (Å²) in [6.07, 6.45) is 3.63. The van der Waals surface area contributed by atoms with E-state index < -0.39 is 0 Å². The zero-order chi connectivity index (χ0) is 14.7. The molecule has 3 atom stereocenters. The average Bonchev–Trinajstić information content (AvgIpc) is 2.37. The van der Waals surface area contributed by atoms with Crippen molar-refractivity contribution in [3.05, 3.63) is 38.3 Å². The number of rotatable bonds is 4. The van der Waals surface area contributed by atoms with Gasteiger partial charge >= 0.3 is 0 Å². The third-order valence-electron chi connectivity index (χ3n) is 4.22. The highest BCUT2D eigenvalue weighted by Crippen LogP contribution is 2.29. The topological polar surface area (TPSA) is 55.2 Å². The lowest BCUT2D eigenvalue weighted by Crippen LogP contribution is -2.38. The van der Waals surface area contributed by atoms with Crippen LogP contribution in [0.25, 0.3) is 0 Å². The Hall–Kier alpha value is -0.940. The van der Waals surface area contributed by atoms with E-state index in [9.17, 15) is 10.1 Å². The van der Waals surface area contributed by atoms with Gasteiger partial charge in [-0.05, 0) is 43.2 Å². The second kappa shape index (κ2) is 6.68. The van der Waals surface area contributed by atoms with Gasteiger partial charge in [0.25, 0.3) is 5.69 Å². The lowest BCUT2D eigenvalue weighted by atomic mass is 9.80. The van der Waals surface area contributed by atoms with Crippen LogP contribution in [0.2, 0.25) is 0 Å². The van der Waals surface area contributed by atoms with Crippen LogP contribution in [0, 0.1) is 22.0 Å². The van der Waals surface area contributed by atoms with Crippen molar-refractivity contribution in [3.63, 3.8) is 0 Å². The van der Waals surface area contributed by atoms with Crippen LogP contribution >= 0.6 is 15.9 Å². The molecule has 1 fully saturated rings. The van der Waals surface area contributed by atoms with Crippen LogP contribution in [0.15, 0.2) is 22.7 Å². The van der Waals surface area contributed by atoms with Crippen LogP contribution in [0.1, 0.15) is 38.7 Å². The Morgan fingerprint density at radius 2 is 2.15 bits per heavy atom. The van der Waals surface area contributed by atoms with E-state index in [4.69, 9.17) is 0 Å². The van der Waals surface area contributed by atoms with Crippen molar-refractivity contribution >= 4 is 21.6 Å². The molecule has 1 aromatic carbocycles. The molecule has 0 spiro atoms. The number of benzene rings is 1. The summed E-state index contributed by atoms with van der Waals surface area (Å²) in [5, 5.41) is 14.6. The molecule has 4 nitrogen and oxygen atoms in total. The smallest absolute Gasteiger partial charge is 0.273 e. The minimum absolute atomic E-state index is 0.192. The molecule has 0 aliphatic heterocycles. The highest BCUT2D eigenvalue weighted by Gasteiger charge is 2.25. The van der Waals surface area contributed by atoms with Crippen LogP contribution in [0.5, 0.6) is 0 Å². The molecule has 0 aromatic heterocycles. The molecule has 0 heterocycles. The third kappa shape index (κ3) is 3.79. The molecule has 5 heteroatoms. The number of hydrogen-bond donors (Lipinski definition) is 1. The Morgan fingerprint density at radius 3 is 2.80 bits per heavy atom. The van der Waals surface area contributed by atoms with Crippen molar-refractivity contribution in [2.24, 2.45) is 11.8 Å². The zero-order valence-electron chi connectivity index (χ0n) is 11.9. The number of nitrogens with zero attached hydrogens (tertiary/aromatic N) is 1. The van der Waals surface area contributed by atoms with Crippen molar-refractivity contribution in [1.82, 2.24) is 5.32 Å². The van der Waals surface area contributed by atoms with Gasteiger partial charge in [0.15, 0.2) is 0 Å². The van der Waals surface area contributed by atoms with Crippen molar-refractivity contribution in [2.75, 3.05) is 0 Å².